The van der Waals surface area contributed by atoms with Crippen LogP contribution in [-0.2, 0) is 11.3 Å². The van der Waals surface area contributed by atoms with Gasteiger partial charge in [-0.2, -0.15) is 0 Å². The highest BCUT2D eigenvalue weighted by Gasteiger charge is 2.05. The summed E-state index contributed by atoms with van der Waals surface area (Å²) in [6.07, 6.45) is 0. The first-order valence-electron chi connectivity index (χ1n) is 6.39. The number of nitro benzene ring substituents is 1. The number of non-ortho nitro benzene ring substituents is 1. The van der Waals surface area contributed by atoms with Crippen molar-refractivity contribution >= 4 is 23.0 Å². The predicted molar refractivity (Wildman–Crippen MR) is 80.3 cm³/mol. The summed E-state index contributed by atoms with van der Waals surface area (Å²) in [4.78, 5) is 21.1. The molecule has 6 heteroatoms. The topological polar surface area (TPSA) is 84.3 Å². The van der Waals surface area contributed by atoms with Crippen LogP contribution in [0.25, 0.3) is 0 Å². The molecule has 21 heavy (non-hydrogen) atoms. The molecule has 0 saturated carbocycles. The van der Waals surface area contributed by atoms with Crippen LogP contribution in [0.2, 0.25) is 0 Å². The zero-order valence-electron chi connectivity index (χ0n) is 11.5. The first kappa shape index (κ1) is 14.5. The highest BCUT2D eigenvalue weighted by atomic mass is 16.6. The Hall–Kier alpha value is -2.89. The molecular weight excluding hydrogens is 270 g/mol. The number of nitro groups is 1. The van der Waals surface area contributed by atoms with Gasteiger partial charge in [0.1, 0.15) is 0 Å². The SMILES string of the molecule is CC(=O)NCc1ccc(Nc2cccc([N+](=O)[O-])c2)cc1. The largest absolute Gasteiger partial charge is 0.355 e. The van der Waals surface area contributed by atoms with Gasteiger partial charge in [-0.3, -0.25) is 14.9 Å². The first-order chi connectivity index (χ1) is 10.0. The van der Waals surface area contributed by atoms with Gasteiger partial charge in [-0.05, 0) is 23.8 Å². The third-order valence-corrected chi connectivity index (χ3v) is 2.84. The second-order valence-corrected chi connectivity index (χ2v) is 4.54. The van der Waals surface area contributed by atoms with E-state index >= 15 is 0 Å². The molecule has 6 nitrogen and oxygen atoms in total. The number of anilines is 2. The average molecular weight is 285 g/mol. The molecular formula is C15H15N3O3. The van der Waals surface area contributed by atoms with Crippen LogP contribution in [0.3, 0.4) is 0 Å². The van der Waals surface area contributed by atoms with Crippen LogP contribution in [0.15, 0.2) is 48.5 Å². The van der Waals surface area contributed by atoms with Crippen LogP contribution in [0.4, 0.5) is 17.1 Å². The number of carbonyl (C=O) groups is 1. The van der Waals surface area contributed by atoms with Crippen LogP contribution in [0.1, 0.15) is 12.5 Å². The van der Waals surface area contributed by atoms with Crippen LogP contribution < -0.4 is 10.6 Å². The lowest BCUT2D eigenvalue weighted by molar-refractivity contribution is -0.384. The highest BCUT2D eigenvalue weighted by Crippen LogP contribution is 2.21. The van der Waals surface area contributed by atoms with E-state index in [1.54, 1.807) is 12.1 Å². The van der Waals surface area contributed by atoms with Crippen LogP contribution >= 0.6 is 0 Å². The van der Waals surface area contributed by atoms with E-state index in [0.717, 1.165) is 11.3 Å². The molecule has 0 saturated heterocycles. The first-order valence-corrected chi connectivity index (χ1v) is 6.39. The second kappa shape index (κ2) is 6.51. The zero-order chi connectivity index (χ0) is 15.2. The Morgan fingerprint density at radius 3 is 2.48 bits per heavy atom. The third kappa shape index (κ3) is 4.31. The molecule has 1 amide bonds. The Kier molecular flexibility index (Phi) is 4.50. The van der Waals surface area contributed by atoms with E-state index in [-0.39, 0.29) is 11.6 Å². The van der Waals surface area contributed by atoms with Gasteiger partial charge in [-0.1, -0.05) is 18.2 Å². The molecule has 0 radical (unpaired) electrons. The molecule has 2 rings (SSSR count). The van der Waals surface area contributed by atoms with Gasteiger partial charge in [0.25, 0.3) is 5.69 Å². The Labute approximate surface area is 121 Å². The van der Waals surface area contributed by atoms with Crippen molar-refractivity contribution in [1.82, 2.24) is 5.32 Å². The van der Waals surface area contributed by atoms with Crippen LogP contribution in [0, 0.1) is 10.1 Å². The minimum absolute atomic E-state index is 0.0438. The lowest BCUT2D eigenvalue weighted by Crippen LogP contribution is -2.18. The molecule has 0 aromatic heterocycles. The summed E-state index contributed by atoms with van der Waals surface area (Å²) in [5.41, 5.74) is 2.50. The van der Waals surface area contributed by atoms with Gasteiger partial charge in [0.15, 0.2) is 0 Å². The molecule has 0 aliphatic carbocycles. The molecule has 0 aliphatic heterocycles. The van der Waals surface area contributed by atoms with Gasteiger partial charge in [0.2, 0.25) is 5.91 Å². The summed E-state index contributed by atoms with van der Waals surface area (Å²) < 4.78 is 0. The van der Waals surface area contributed by atoms with E-state index in [1.807, 2.05) is 24.3 Å². The van der Waals surface area contributed by atoms with Crippen molar-refractivity contribution in [1.29, 1.82) is 0 Å². The fourth-order valence-electron chi connectivity index (χ4n) is 1.80. The Morgan fingerprint density at radius 1 is 1.14 bits per heavy atom. The summed E-state index contributed by atoms with van der Waals surface area (Å²) in [6.45, 7) is 1.95. The maximum Gasteiger partial charge on any atom is 0.271 e. The number of hydrogen-bond donors (Lipinski definition) is 2. The van der Waals surface area contributed by atoms with E-state index in [4.69, 9.17) is 0 Å². The second-order valence-electron chi connectivity index (χ2n) is 4.54. The van der Waals surface area contributed by atoms with Crippen LogP contribution in [-0.4, -0.2) is 10.8 Å². The summed E-state index contributed by atoms with van der Waals surface area (Å²) in [5.74, 6) is -0.0752. The monoisotopic (exact) mass is 285 g/mol. The summed E-state index contributed by atoms with van der Waals surface area (Å²) in [6, 6.07) is 13.8. The van der Waals surface area contributed by atoms with Crippen molar-refractivity contribution in [3.8, 4) is 0 Å². The molecule has 2 aromatic carbocycles. The Morgan fingerprint density at radius 2 is 1.86 bits per heavy atom. The standard InChI is InChI=1S/C15H15N3O3/c1-11(19)16-10-12-5-7-13(8-6-12)17-14-3-2-4-15(9-14)18(20)21/h2-9,17H,10H2,1H3,(H,16,19). The maximum atomic E-state index is 10.8. The quantitative estimate of drug-likeness (QED) is 0.653. The molecule has 0 spiro atoms. The molecule has 0 aliphatic rings. The number of nitrogens with zero attached hydrogens (tertiary/aromatic N) is 1. The van der Waals surface area contributed by atoms with Gasteiger partial charge in [0.05, 0.1) is 4.92 Å². The van der Waals surface area contributed by atoms with Crippen molar-refractivity contribution in [2.75, 3.05) is 5.32 Å². The lowest BCUT2D eigenvalue weighted by Gasteiger charge is -2.08. The number of hydrogen-bond acceptors (Lipinski definition) is 4. The van der Waals surface area contributed by atoms with Gasteiger partial charge in [0, 0.05) is 37.0 Å². The molecule has 108 valence electrons. The molecule has 0 bridgehead atoms. The van der Waals surface area contributed by atoms with Crippen molar-refractivity contribution < 1.29 is 9.72 Å². The van der Waals surface area contributed by atoms with E-state index in [2.05, 4.69) is 10.6 Å². The predicted octanol–water partition coefficient (Wildman–Crippen LogP) is 2.97. The lowest BCUT2D eigenvalue weighted by atomic mass is 10.2. The van der Waals surface area contributed by atoms with Gasteiger partial charge in [-0.25, -0.2) is 0 Å². The summed E-state index contributed by atoms with van der Waals surface area (Å²) in [5, 5.41) is 16.5. The number of amides is 1. The number of nitrogens with one attached hydrogen (secondary N) is 2. The summed E-state index contributed by atoms with van der Waals surface area (Å²) in [7, 11) is 0. The Balaban J connectivity index is 2.04. The Bertz CT molecular complexity index is 653. The zero-order valence-corrected chi connectivity index (χ0v) is 11.5. The average Bonchev–Trinajstić information content (AvgIpc) is 2.47. The molecule has 2 N–H and O–H groups in total. The summed E-state index contributed by atoms with van der Waals surface area (Å²) >= 11 is 0. The molecule has 0 unspecified atom stereocenters. The van der Waals surface area contributed by atoms with Gasteiger partial charge < -0.3 is 10.6 Å². The third-order valence-electron chi connectivity index (χ3n) is 2.84. The highest BCUT2D eigenvalue weighted by molar-refractivity contribution is 5.72. The minimum Gasteiger partial charge on any atom is -0.355 e. The fourth-order valence-corrected chi connectivity index (χ4v) is 1.80. The number of benzene rings is 2. The van der Waals surface area contributed by atoms with Crippen LogP contribution in [0.5, 0.6) is 0 Å². The van der Waals surface area contributed by atoms with E-state index in [9.17, 15) is 14.9 Å². The van der Waals surface area contributed by atoms with E-state index in [0.29, 0.717) is 12.2 Å². The van der Waals surface area contributed by atoms with Gasteiger partial charge >= 0.3 is 0 Å². The minimum atomic E-state index is -0.429. The van der Waals surface area contributed by atoms with Crippen molar-refractivity contribution in [2.24, 2.45) is 0 Å². The molecule has 0 atom stereocenters. The van der Waals surface area contributed by atoms with Gasteiger partial charge in [-0.15, -0.1) is 0 Å². The molecule has 0 fully saturated rings. The van der Waals surface area contributed by atoms with E-state index < -0.39 is 4.92 Å². The normalized spacial score (nSPS) is 9.95. The van der Waals surface area contributed by atoms with E-state index in [1.165, 1.54) is 19.1 Å². The van der Waals surface area contributed by atoms with Crippen molar-refractivity contribution in [3.05, 3.63) is 64.2 Å². The number of carbonyl (C=O) groups excluding carboxylic acids is 1. The smallest absolute Gasteiger partial charge is 0.271 e. The van der Waals surface area contributed by atoms with Crippen molar-refractivity contribution in [3.63, 3.8) is 0 Å². The molecule has 2 aromatic rings. The maximum absolute atomic E-state index is 10.8. The number of rotatable bonds is 5. The van der Waals surface area contributed by atoms with Crippen molar-refractivity contribution in [2.45, 2.75) is 13.5 Å². The molecule has 0 heterocycles. The fraction of sp³-hybridized carbons (Fsp3) is 0.133.